The van der Waals surface area contributed by atoms with E-state index in [1.807, 2.05) is 13.0 Å². The largest absolute Gasteiger partial charge is 0.508 e. The highest BCUT2D eigenvalue weighted by Gasteiger charge is 2.30. The van der Waals surface area contributed by atoms with E-state index in [0.717, 1.165) is 29.9 Å². The van der Waals surface area contributed by atoms with E-state index in [-0.39, 0.29) is 12.2 Å². The van der Waals surface area contributed by atoms with Crippen molar-refractivity contribution in [3.05, 3.63) is 70.7 Å². The summed E-state index contributed by atoms with van der Waals surface area (Å²) in [5, 5.41) is 9.17. The molecule has 0 saturated carbocycles. The van der Waals surface area contributed by atoms with Crippen molar-refractivity contribution in [2.45, 2.75) is 25.9 Å². The molecule has 0 amide bonds. The summed E-state index contributed by atoms with van der Waals surface area (Å²) in [6, 6.07) is 4.74. The van der Waals surface area contributed by atoms with Crippen LogP contribution in [0.3, 0.4) is 0 Å². The summed E-state index contributed by atoms with van der Waals surface area (Å²) in [5.41, 5.74) is 3.05. The highest BCUT2D eigenvalue weighted by atomic mass is 19.4. The van der Waals surface area contributed by atoms with Crippen LogP contribution in [0, 0.1) is 0 Å². The fourth-order valence-electron chi connectivity index (χ4n) is 1.97. The molecule has 0 spiro atoms. The van der Waals surface area contributed by atoms with E-state index in [1.54, 1.807) is 26.3 Å². The molecule has 1 aliphatic rings. The van der Waals surface area contributed by atoms with Gasteiger partial charge >= 0.3 is 6.18 Å². The summed E-state index contributed by atoms with van der Waals surface area (Å²) in [7, 11) is 3.26. The Kier molecular flexibility index (Phi) is 11.5. The summed E-state index contributed by atoms with van der Waals surface area (Å²) in [6.07, 6.45) is 2.31. The van der Waals surface area contributed by atoms with E-state index in [0.29, 0.717) is 11.8 Å². The first-order chi connectivity index (χ1) is 12.7. The number of allylic oxidation sites excluding steroid dienone is 4. The highest BCUT2D eigenvalue weighted by Crippen LogP contribution is 2.29. The van der Waals surface area contributed by atoms with Gasteiger partial charge in [-0.25, -0.2) is 0 Å². The van der Waals surface area contributed by atoms with Crippen molar-refractivity contribution < 1.29 is 27.8 Å². The predicted octanol–water partition coefficient (Wildman–Crippen LogP) is 3.83. The van der Waals surface area contributed by atoms with Gasteiger partial charge in [0.1, 0.15) is 17.8 Å². The lowest BCUT2D eigenvalue weighted by Crippen LogP contribution is -2.13. The summed E-state index contributed by atoms with van der Waals surface area (Å²) in [6.45, 7) is 1.98. The van der Waals surface area contributed by atoms with Gasteiger partial charge in [-0.3, -0.25) is 11.3 Å². The average molecular weight is 386 g/mol. The normalized spacial score (nSPS) is 13.4. The molecule has 0 aliphatic heterocycles. The van der Waals surface area contributed by atoms with E-state index < -0.39 is 11.7 Å². The molecule has 0 saturated heterocycles. The number of rotatable bonds is 3. The van der Waals surface area contributed by atoms with E-state index in [2.05, 4.69) is 11.3 Å². The predicted molar refractivity (Wildman–Crippen MR) is 98.6 cm³/mol. The van der Waals surface area contributed by atoms with E-state index in [9.17, 15) is 18.0 Å². The molecule has 4 N–H and O–H groups in total. The number of alkyl halides is 3. The first-order valence-corrected chi connectivity index (χ1v) is 7.97. The number of aldehydes is 1. The number of carbonyl (C=O) groups excluding carboxylic acids is 1. The standard InChI is InChI=1S/C9H7F3O.C9H12O2.CH6N2/c10-9(11,12)8-3-1-2-7(6-8)4-5-13;1-7-4-3-5-8(10)6-9(7)11-2;1-3-2/h1-3,5-6H,4H2;3,5-6,10H,4H2,1-2H3;3H,2H2,1H3. The van der Waals surface area contributed by atoms with Crippen molar-refractivity contribution in [2.75, 3.05) is 14.2 Å². The maximum absolute atomic E-state index is 12.1. The lowest BCUT2D eigenvalue weighted by atomic mass is 10.1. The van der Waals surface area contributed by atoms with Crippen LogP contribution in [0.1, 0.15) is 24.5 Å². The SMILES string of the molecule is CNN.COC1=C(C)CC=CC(O)=C1.O=CCc1cccc(C(F)(F)F)c1. The fraction of sp³-hybridized carbons (Fsp3) is 0.316. The number of halogens is 3. The maximum Gasteiger partial charge on any atom is 0.416 e. The van der Waals surface area contributed by atoms with Gasteiger partial charge in [-0.2, -0.15) is 13.2 Å². The molecule has 0 atom stereocenters. The van der Waals surface area contributed by atoms with Gasteiger partial charge in [0.2, 0.25) is 0 Å². The fourth-order valence-corrected chi connectivity index (χ4v) is 1.97. The van der Waals surface area contributed by atoms with Gasteiger partial charge in [-0.05, 0) is 43.7 Å². The Morgan fingerprint density at radius 1 is 1.37 bits per heavy atom. The van der Waals surface area contributed by atoms with Crippen LogP contribution < -0.4 is 11.3 Å². The van der Waals surface area contributed by atoms with Crippen LogP contribution in [-0.2, 0) is 22.1 Å². The molecule has 2 rings (SSSR count). The van der Waals surface area contributed by atoms with Crippen molar-refractivity contribution in [1.29, 1.82) is 0 Å². The highest BCUT2D eigenvalue weighted by molar-refractivity contribution is 5.55. The van der Waals surface area contributed by atoms with Gasteiger partial charge < -0.3 is 14.6 Å². The number of benzene rings is 1. The van der Waals surface area contributed by atoms with Crippen LogP contribution in [0.4, 0.5) is 13.2 Å². The minimum atomic E-state index is -4.33. The zero-order chi connectivity index (χ0) is 20.9. The van der Waals surface area contributed by atoms with Gasteiger partial charge in [0.05, 0.1) is 12.7 Å². The first-order valence-electron chi connectivity index (χ1n) is 7.97. The quantitative estimate of drug-likeness (QED) is 0.418. The van der Waals surface area contributed by atoms with Crippen LogP contribution in [0.2, 0.25) is 0 Å². The lowest BCUT2D eigenvalue weighted by molar-refractivity contribution is -0.137. The van der Waals surface area contributed by atoms with Crippen molar-refractivity contribution in [2.24, 2.45) is 5.84 Å². The van der Waals surface area contributed by atoms with Crippen LogP contribution in [-0.4, -0.2) is 25.6 Å². The van der Waals surface area contributed by atoms with E-state index in [4.69, 9.17) is 9.84 Å². The van der Waals surface area contributed by atoms with Gasteiger partial charge in [0.15, 0.2) is 0 Å². The Hall–Kier alpha value is -2.58. The molecule has 1 aromatic rings. The molecule has 0 aromatic heterocycles. The number of nitrogens with one attached hydrogen (secondary N) is 1. The first kappa shape index (κ1) is 24.4. The Morgan fingerprint density at radius 2 is 2.00 bits per heavy atom. The molecule has 0 heterocycles. The van der Waals surface area contributed by atoms with Gasteiger partial charge in [0, 0.05) is 12.5 Å². The number of ether oxygens (including phenoxy) is 1. The van der Waals surface area contributed by atoms with Crippen molar-refractivity contribution in [3.63, 3.8) is 0 Å². The van der Waals surface area contributed by atoms with Crippen LogP contribution in [0.25, 0.3) is 0 Å². The second-order valence-corrected chi connectivity index (χ2v) is 5.38. The molecular weight excluding hydrogens is 361 g/mol. The zero-order valence-corrected chi connectivity index (χ0v) is 15.5. The topological polar surface area (TPSA) is 84.6 Å². The minimum Gasteiger partial charge on any atom is -0.508 e. The molecule has 1 aliphatic carbocycles. The maximum atomic E-state index is 12.1. The molecule has 0 fully saturated rings. The summed E-state index contributed by atoms with van der Waals surface area (Å²) >= 11 is 0. The Labute approximate surface area is 157 Å². The third-order valence-corrected chi connectivity index (χ3v) is 3.21. The zero-order valence-electron chi connectivity index (χ0n) is 15.5. The van der Waals surface area contributed by atoms with Crippen molar-refractivity contribution >= 4 is 6.29 Å². The number of aliphatic hydroxyl groups excluding tert-OH is 1. The number of aliphatic hydroxyl groups is 1. The Balaban J connectivity index is 0.000000442. The van der Waals surface area contributed by atoms with Crippen LogP contribution in [0.5, 0.6) is 0 Å². The summed E-state index contributed by atoms with van der Waals surface area (Å²) in [5.74, 6) is 5.60. The van der Waals surface area contributed by atoms with Crippen LogP contribution in [0.15, 0.2) is 59.6 Å². The second kappa shape index (κ2) is 12.7. The molecular formula is C19H25F3N2O3. The lowest BCUT2D eigenvalue weighted by Gasteiger charge is -2.06. The number of methoxy groups -OCH3 is 1. The monoisotopic (exact) mass is 386 g/mol. The molecule has 0 bridgehead atoms. The molecule has 8 heteroatoms. The molecule has 1 aromatic carbocycles. The Bertz CT molecular complexity index is 681. The number of carbonyl (C=O) groups is 1. The molecule has 0 unspecified atom stereocenters. The summed E-state index contributed by atoms with van der Waals surface area (Å²) < 4.78 is 41.4. The van der Waals surface area contributed by atoms with Gasteiger partial charge in [-0.15, -0.1) is 0 Å². The molecule has 27 heavy (non-hydrogen) atoms. The van der Waals surface area contributed by atoms with Gasteiger partial charge in [-0.1, -0.05) is 24.3 Å². The number of hydrogen-bond donors (Lipinski definition) is 3. The average Bonchev–Trinajstić information content (AvgIpc) is 2.76. The number of hydrazine groups is 1. The molecule has 150 valence electrons. The third-order valence-electron chi connectivity index (χ3n) is 3.21. The van der Waals surface area contributed by atoms with Crippen molar-refractivity contribution in [3.8, 4) is 0 Å². The smallest absolute Gasteiger partial charge is 0.416 e. The second-order valence-electron chi connectivity index (χ2n) is 5.38. The number of nitrogens with two attached hydrogens (primary N) is 1. The van der Waals surface area contributed by atoms with Crippen LogP contribution >= 0.6 is 0 Å². The molecule has 0 radical (unpaired) electrons. The van der Waals surface area contributed by atoms with Gasteiger partial charge in [0.25, 0.3) is 0 Å². The Morgan fingerprint density at radius 3 is 2.52 bits per heavy atom. The minimum absolute atomic E-state index is 0.0178. The summed E-state index contributed by atoms with van der Waals surface area (Å²) in [4.78, 5) is 10.1. The van der Waals surface area contributed by atoms with E-state index >= 15 is 0 Å². The van der Waals surface area contributed by atoms with Crippen molar-refractivity contribution in [1.82, 2.24) is 5.43 Å². The number of hydrogen-bond acceptors (Lipinski definition) is 5. The molecule has 5 nitrogen and oxygen atoms in total. The third kappa shape index (κ3) is 10.2. The van der Waals surface area contributed by atoms with E-state index in [1.165, 1.54) is 12.1 Å².